The standard InChI is InChI=1S/C18H16F2N2O2S/c1-11(12-6-7-13(19)14(20)8-12)21-17(23)9-24-10-18-22-15-4-2-3-5-16(15)25-18/h2-8,11H,9-10H2,1H3,(H,21,23). The summed E-state index contributed by atoms with van der Waals surface area (Å²) in [5.41, 5.74) is 1.39. The van der Waals surface area contributed by atoms with Crippen LogP contribution < -0.4 is 5.32 Å². The van der Waals surface area contributed by atoms with Crippen molar-refractivity contribution >= 4 is 27.5 Å². The van der Waals surface area contributed by atoms with E-state index in [1.54, 1.807) is 6.92 Å². The van der Waals surface area contributed by atoms with Crippen molar-refractivity contribution in [2.45, 2.75) is 19.6 Å². The van der Waals surface area contributed by atoms with Crippen molar-refractivity contribution in [1.29, 1.82) is 0 Å². The number of para-hydroxylation sites is 1. The molecule has 7 heteroatoms. The van der Waals surface area contributed by atoms with E-state index in [1.165, 1.54) is 17.4 Å². The molecule has 1 atom stereocenters. The third-order valence-electron chi connectivity index (χ3n) is 3.62. The molecule has 130 valence electrons. The normalized spacial score (nSPS) is 12.3. The number of hydrogen-bond acceptors (Lipinski definition) is 4. The first-order valence-electron chi connectivity index (χ1n) is 7.69. The molecule has 0 saturated heterocycles. The third-order valence-corrected chi connectivity index (χ3v) is 4.63. The van der Waals surface area contributed by atoms with Gasteiger partial charge >= 0.3 is 0 Å². The molecule has 0 radical (unpaired) electrons. The number of hydrogen-bond donors (Lipinski definition) is 1. The second-order valence-electron chi connectivity index (χ2n) is 5.53. The second-order valence-corrected chi connectivity index (χ2v) is 6.65. The summed E-state index contributed by atoms with van der Waals surface area (Å²) in [4.78, 5) is 16.3. The van der Waals surface area contributed by atoms with Crippen molar-refractivity contribution in [2.24, 2.45) is 0 Å². The topological polar surface area (TPSA) is 51.2 Å². The van der Waals surface area contributed by atoms with Crippen LogP contribution in [-0.4, -0.2) is 17.5 Å². The fourth-order valence-electron chi connectivity index (χ4n) is 2.36. The monoisotopic (exact) mass is 362 g/mol. The van der Waals surface area contributed by atoms with E-state index >= 15 is 0 Å². The number of aromatic nitrogens is 1. The second kappa shape index (κ2) is 7.67. The lowest BCUT2D eigenvalue weighted by atomic mass is 10.1. The maximum Gasteiger partial charge on any atom is 0.246 e. The first-order valence-corrected chi connectivity index (χ1v) is 8.51. The van der Waals surface area contributed by atoms with E-state index in [0.29, 0.717) is 5.56 Å². The quantitative estimate of drug-likeness (QED) is 0.722. The van der Waals surface area contributed by atoms with E-state index < -0.39 is 17.7 Å². The first-order chi connectivity index (χ1) is 12.0. The van der Waals surface area contributed by atoms with Crippen molar-refractivity contribution < 1.29 is 18.3 Å². The lowest BCUT2D eigenvalue weighted by Gasteiger charge is -2.14. The number of rotatable bonds is 6. The summed E-state index contributed by atoms with van der Waals surface area (Å²) in [5, 5.41) is 3.48. The Kier molecular flexibility index (Phi) is 5.35. The minimum Gasteiger partial charge on any atom is -0.364 e. The Morgan fingerprint density at radius 3 is 2.80 bits per heavy atom. The number of nitrogens with zero attached hydrogens (tertiary/aromatic N) is 1. The van der Waals surface area contributed by atoms with E-state index in [2.05, 4.69) is 10.3 Å². The summed E-state index contributed by atoms with van der Waals surface area (Å²) in [6.07, 6.45) is 0. The Morgan fingerprint density at radius 1 is 1.24 bits per heavy atom. The number of halogens is 2. The fourth-order valence-corrected chi connectivity index (χ4v) is 3.27. The predicted molar refractivity (Wildman–Crippen MR) is 92.2 cm³/mol. The molecule has 0 aliphatic heterocycles. The average molecular weight is 362 g/mol. The molecule has 0 aliphatic carbocycles. The molecule has 0 saturated carbocycles. The summed E-state index contributed by atoms with van der Waals surface area (Å²) in [6, 6.07) is 10.9. The number of ether oxygens (including phenoxy) is 1. The highest BCUT2D eigenvalue weighted by atomic mass is 32.1. The molecule has 3 rings (SSSR count). The van der Waals surface area contributed by atoms with Gasteiger partial charge in [-0.15, -0.1) is 11.3 Å². The van der Waals surface area contributed by atoms with E-state index in [1.807, 2.05) is 24.3 Å². The van der Waals surface area contributed by atoms with Gasteiger partial charge in [0.05, 0.1) is 22.9 Å². The van der Waals surface area contributed by atoms with Crippen LogP contribution in [0, 0.1) is 11.6 Å². The number of amides is 1. The largest absolute Gasteiger partial charge is 0.364 e. The molecule has 2 aromatic carbocycles. The minimum atomic E-state index is -0.939. The molecule has 0 spiro atoms. The molecule has 1 unspecified atom stereocenters. The van der Waals surface area contributed by atoms with Crippen LogP contribution in [-0.2, 0) is 16.1 Å². The Bertz CT molecular complexity index is 865. The zero-order valence-electron chi connectivity index (χ0n) is 13.5. The zero-order valence-corrected chi connectivity index (χ0v) is 14.3. The van der Waals surface area contributed by atoms with Crippen molar-refractivity contribution in [3.8, 4) is 0 Å². The molecule has 1 aromatic heterocycles. The van der Waals surface area contributed by atoms with Crippen LogP contribution in [0.1, 0.15) is 23.5 Å². The van der Waals surface area contributed by atoms with Gasteiger partial charge in [0, 0.05) is 0 Å². The Hall–Kier alpha value is -2.38. The van der Waals surface area contributed by atoms with Crippen LogP contribution in [0.25, 0.3) is 10.2 Å². The maximum absolute atomic E-state index is 13.2. The fraction of sp³-hybridized carbons (Fsp3) is 0.222. The van der Waals surface area contributed by atoms with Gasteiger partial charge in [-0.1, -0.05) is 18.2 Å². The summed E-state index contributed by atoms with van der Waals surface area (Å²) in [6.45, 7) is 1.80. The molecule has 1 amide bonds. The molecule has 4 nitrogen and oxygen atoms in total. The van der Waals surface area contributed by atoms with Crippen LogP contribution in [0.2, 0.25) is 0 Å². The lowest BCUT2D eigenvalue weighted by Crippen LogP contribution is -2.30. The maximum atomic E-state index is 13.2. The number of fused-ring (bicyclic) bond motifs is 1. The first kappa shape index (κ1) is 17.4. The molecule has 1 heterocycles. The van der Waals surface area contributed by atoms with Gasteiger partial charge in [0.2, 0.25) is 5.91 Å². The summed E-state index contributed by atoms with van der Waals surface area (Å²) in [7, 11) is 0. The van der Waals surface area contributed by atoms with Crippen molar-refractivity contribution in [2.75, 3.05) is 6.61 Å². The van der Waals surface area contributed by atoms with E-state index in [9.17, 15) is 13.6 Å². The number of nitrogens with one attached hydrogen (secondary N) is 1. The van der Waals surface area contributed by atoms with Crippen LogP contribution in [0.15, 0.2) is 42.5 Å². The summed E-state index contributed by atoms with van der Waals surface area (Å²) in [5.74, 6) is -2.19. The van der Waals surface area contributed by atoms with Crippen LogP contribution >= 0.6 is 11.3 Å². The van der Waals surface area contributed by atoms with Gasteiger partial charge in [-0.3, -0.25) is 4.79 Å². The van der Waals surface area contributed by atoms with Gasteiger partial charge < -0.3 is 10.1 Å². The Labute approximate surface area is 147 Å². The van der Waals surface area contributed by atoms with Crippen LogP contribution in [0.4, 0.5) is 8.78 Å². The lowest BCUT2D eigenvalue weighted by molar-refractivity contribution is -0.126. The predicted octanol–water partition coefficient (Wildman–Crippen LogP) is 3.97. The molecular weight excluding hydrogens is 346 g/mol. The summed E-state index contributed by atoms with van der Waals surface area (Å²) < 4.78 is 32.6. The smallest absolute Gasteiger partial charge is 0.246 e. The molecular formula is C18H16F2N2O2S. The Morgan fingerprint density at radius 2 is 2.04 bits per heavy atom. The van der Waals surface area contributed by atoms with Crippen molar-refractivity contribution in [3.05, 3.63) is 64.7 Å². The highest BCUT2D eigenvalue weighted by Gasteiger charge is 2.12. The highest BCUT2D eigenvalue weighted by Crippen LogP contribution is 2.22. The van der Waals surface area contributed by atoms with Gasteiger partial charge in [-0.25, -0.2) is 13.8 Å². The molecule has 0 aliphatic rings. The van der Waals surface area contributed by atoms with E-state index in [4.69, 9.17) is 4.74 Å². The van der Waals surface area contributed by atoms with E-state index in [0.717, 1.165) is 27.4 Å². The molecule has 25 heavy (non-hydrogen) atoms. The van der Waals surface area contributed by atoms with E-state index in [-0.39, 0.29) is 19.1 Å². The van der Waals surface area contributed by atoms with Crippen molar-refractivity contribution in [1.82, 2.24) is 10.3 Å². The number of benzene rings is 2. The van der Waals surface area contributed by atoms with Gasteiger partial charge in [0.15, 0.2) is 11.6 Å². The molecule has 1 N–H and O–H groups in total. The van der Waals surface area contributed by atoms with Crippen molar-refractivity contribution in [3.63, 3.8) is 0 Å². The number of carbonyl (C=O) groups is 1. The van der Waals surface area contributed by atoms with Gasteiger partial charge in [0.25, 0.3) is 0 Å². The highest BCUT2D eigenvalue weighted by molar-refractivity contribution is 7.18. The van der Waals surface area contributed by atoms with Gasteiger partial charge in [0.1, 0.15) is 11.6 Å². The SMILES string of the molecule is CC(NC(=O)COCc1nc2ccccc2s1)c1ccc(F)c(F)c1. The molecule has 3 aromatic rings. The zero-order chi connectivity index (χ0) is 17.8. The number of thiazole rings is 1. The van der Waals surface area contributed by atoms with Crippen LogP contribution in [0.5, 0.6) is 0 Å². The third kappa shape index (κ3) is 4.37. The molecule has 0 bridgehead atoms. The van der Waals surface area contributed by atoms with Crippen LogP contribution in [0.3, 0.4) is 0 Å². The molecule has 0 fully saturated rings. The van der Waals surface area contributed by atoms with Gasteiger partial charge in [-0.05, 0) is 36.8 Å². The van der Waals surface area contributed by atoms with Gasteiger partial charge in [-0.2, -0.15) is 0 Å². The average Bonchev–Trinajstić information content (AvgIpc) is 3.00. The summed E-state index contributed by atoms with van der Waals surface area (Å²) >= 11 is 1.52. The Balaban J connectivity index is 1.49. The number of carbonyl (C=O) groups excluding carboxylic acids is 1. The minimum absolute atomic E-state index is 0.135.